The highest BCUT2D eigenvalue weighted by atomic mass is 32.2. The number of fused-ring (bicyclic) bond motifs is 1. The highest BCUT2D eigenvalue weighted by molar-refractivity contribution is 7.88. The van der Waals surface area contributed by atoms with E-state index in [2.05, 4.69) is 16.8 Å². The number of ether oxygens (including phenoxy) is 1. The standard InChI is InChI=1S/C24H28FN3O5S/c1-16-13-28(17(2)15-29)24(30)20-11-18(9-10-19-7-5-6-8-21(19)25)12-26-23(20)33-22(16)14-27(3)34(4,31)32/h5-8,11-12,16-17,22,29H,13-15H2,1-4H3/t16-,17-,22+/m0/s1. The Bertz CT molecular complexity index is 1220. The third-order valence-electron chi connectivity index (χ3n) is 5.74. The third kappa shape index (κ3) is 5.91. The van der Waals surface area contributed by atoms with Crippen LogP contribution in [0, 0.1) is 23.6 Å². The molecule has 1 aromatic carbocycles. The van der Waals surface area contributed by atoms with Crippen LogP contribution < -0.4 is 4.74 Å². The van der Waals surface area contributed by atoms with Gasteiger partial charge in [-0.2, -0.15) is 0 Å². The normalized spacial score (nSPS) is 19.4. The number of sulfonamides is 1. The van der Waals surface area contributed by atoms with Crippen molar-refractivity contribution in [3.8, 4) is 17.7 Å². The molecule has 182 valence electrons. The van der Waals surface area contributed by atoms with Crippen LogP contribution in [0.15, 0.2) is 36.5 Å². The van der Waals surface area contributed by atoms with Crippen LogP contribution in [0.3, 0.4) is 0 Å². The van der Waals surface area contributed by atoms with Gasteiger partial charge >= 0.3 is 0 Å². The number of carbonyl (C=O) groups excluding carboxylic acids is 1. The Kier molecular flexibility index (Phi) is 7.92. The number of rotatable bonds is 5. The van der Waals surface area contributed by atoms with Gasteiger partial charge in [0.2, 0.25) is 15.9 Å². The zero-order chi connectivity index (χ0) is 25.0. The first-order valence-corrected chi connectivity index (χ1v) is 12.6. The number of hydrogen-bond donors (Lipinski definition) is 1. The van der Waals surface area contributed by atoms with E-state index in [0.29, 0.717) is 5.56 Å². The lowest BCUT2D eigenvalue weighted by atomic mass is 10.0. The Hall–Kier alpha value is -3.00. The smallest absolute Gasteiger partial charge is 0.259 e. The summed E-state index contributed by atoms with van der Waals surface area (Å²) in [6.45, 7) is 3.63. The summed E-state index contributed by atoms with van der Waals surface area (Å²) in [6.07, 6.45) is 1.93. The van der Waals surface area contributed by atoms with Gasteiger partial charge in [-0.25, -0.2) is 22.1 Å². The van der Waals surface area contributed by atoms with E-state index in [1.807, 2.05) is 6.92 Å². The second-order valence-corrected chi connectivity index (χ2v) is 10.6. The molecule has 1 amide bonds. The molecule has 0 saturated carbocycles. The van der Waals surface area contributed by atoms with Crippen LogP contribution in [-0.2, 0) is 10.0 Å². The number of pyridine rings is 1. The van der Waals surface area contributed by atoms with E-state index in [9.17, 15) is 22.7 Å². The van der Waals surface area contributed by atoms with E-state index in [4.69, 9.17) is 4.74 Å². The number of aliphatic hydroxyl groups excluding tert-OH is 1. The van der Waals surface area contributed by atoms with Crippen molar-refractivity contribution < 1.29 is 27.4 Å². The first-order valence-electron chi connectivity index (χ1n) is 10.8. The molecule has 34 heavy (non-hydrogen) atoms. The fraction of sp³-hybridized carbons (Fsp3) is 0.417. The van der Waals surface area contributed by atoms with Gasteiger partial charge in [0.15, 0.2) is 0 Å². The van der Waals surface area contributed by atoms with E-state index in [1.165, 1.54) is 34.6 Å². The monoisotopic (exact) mass is 489 g/mol. The maximum absolute atomic E-state index is 13.9. The van der Waals surface area contributed by atoms with Gasteiger partial charge in [0, 0.05) is 31.3 Å². The van der Waals surface area contributed by atoms with Crippen LogP contribution in [0.1, 0.15) is 35.3 Å². The largest absolute Gasteiger partial charge is 0.472 e. The van der Waals surface area contributed by atoms with Crippen LogP contribution in [0.5, 0.6) is 5.88 Å². The van der Waals surface area contributed by atoms with E-state index >= 15 is 0 Å². The second-order valence-electron chi connectivity index (χ2n) is 8.47. The second kappa shape index (κ2) is 10.5. The number of aromatic nitrogens is 1. The molecule has 0 radical (unpaired) electrons. The molecule has 2 aromatic rings. The van der Waals surface area contributed by atoms with E-state index in [0.717, 1.165) is 6.26 Å². The molecule has 1 N–H and O–H groups in total. The summed E-state index contributed by atoms with van der Waals surface area (Å²) in [4.78, 5) is 19.2. The lowest BCUT2D eigenvalue weighted by molar-refractivity contribution is 0.0373. The predicted molar refractivity (Wildman–Crippen MR) is 125 cm³/mol. The lowest BCUT2D eigenvalue weighted by Crippen LogP contribution is -2.50. The molecule has 0 spiro atoms. The Morgan fingerprint density at radius 3 is 2.71 bits per heavy atom. The number of benzene rings is 1. The van der Waals surface area contributed by atoms with E-state index in [-0.39, 0.29) is 48.5 Å². The summed E-state index contributed by atoms with van der Waals surface area (Å²) >= 11 is 0. The van der Waals surface area contributed by atoms with E-state index in [1.54, 1.807) is 25.1 Å². The molecule has 0 aliphatic carbocycles. The number of likely N-dealkylation sites (N-methyl/N-ethyl adjacent to an activating group) is 1. The number of carbonyl (C=O) groups is 1. The van der Waals surface area contributed by atoms with Gasteiger partial charge in [-0.05, 0) is 25.1 Å². The minimum absolute atomic E-state index is 0.0510. The van der Waals surface area contributed by atoms with Crippen LogP contribution in [0.25, 0.3) is 0 Å². The quantitative estimate of drug-likeness (QED) is 0.643. The minimum atomic E-state index is -3.45. The zero-order valence-electron chi connectivity index (χ0n) is 19.5. The Balaban J connectivity index is 2.03. The highest BCUT2D eigenvalue weighted by Gasteiger charge is 2.35. The molecule has 0 bridgehead atoms. The zero-order valence-corrected chi connectivity index (χ0v) is 20.3. The maximum atomic E-state index is 13.9. The van der Waals surface area contributed by atoms with Gasteiger partial charge in [0.1, 0.15) is 17.5 Å². The molecule has 3 atom stereocenters. The van der Waals surface area contributed by atoms with Crippen molar-refractivity contribution in [2.24, 2.45) is 5.92 Å². The van der Waals surface area contributed by atoms with Gasteiger partial charge in [0.05, 0.1) is 31.0 Å². The Morgan fingerprint density at radius 1 is 1.35 bits per heavy atom. The summed E-state index contributed by atoms with van der Waals surface area (Å²) in [5.41, 5.74) is 0.735. The van der Waals surface area contributed by atoms with Crippen molar-refractivity contribution in [3.63, 3.8) is 0 Å². The molecule has 1 aliphatic rings. The first kappa shape index (κ1) is 25.6. The number of halogens is 1. The van der Waals surface area contributed by atoms with Gasteiger partial charge in [-0.15, -0.1) is 0 Å². The van der Waals surface area contributed by atoms with Crippen molar-refractivity contribution >= 4 is 15.9 Å². The molecular weight excluding hydrogens is 461 g/mol. The Morgan fingerprint density at radius 2 is 2.06 bits per heavy atom. The molecule has 2 heterocycles. The summed E-state index contributed by atoms with van der Waals surface area (Å²) in [7, 11) is -1.99. The van der Waals surface area contributed by atoms with Crippen molar-refractivity contribution in [2.75, 3.05) is 33.0 Å². The predicted octanol–water partition coefficient (Wildman–Crippen LogP) is 1.73. The molecule has 1 aromatic heterocycles. The molecule has 8 nitrogen and oxygen atoms in total. The number of amides is 1. The fourth-order valence-corrected chi connectivity index (χ4v) is 3.90. The molecule has 1 aliphatic heterocycles. The van der Waals surface area contributed by atoms with Crippen molar-refractivity contribution in [2.45, 2.75) is 26.0 Å². The molecular formula is C24H28FN3O5S. The maximum Gasteiger partial charge on any atom is 0.259 e. The van der Waals surface area contributed by atoms with Gasteiger partial charge in [-0.1, -0.05) is 30.9 Å². The minimum Gasteiger partial charge on any atom is -0.472 e. The first-order chi connectivity index (χ1) is 16.0. The molecule has 0 saturated heterocycles. The van der Waals surface area contributed by atoms with Crippen LogP contribution >= 0.6 is 0 Å². The summed E-state index contributed by atoms with van der Waals surface area (Å²) < 4.78 is 45.0. The van der Waals surface area contributed by atoms with Gasteiger partial charge in [-0.3, -0.25) is 4.79 Å². The fourth-order valence-electron chi connectivity index (χ4n) is 3.48. The van der Waals surface area contributed by atoms with Crippen molar-refractivity contribution in [1.82, 2.24) is 14.2 Å². The summed E-state index contributed by atoms with van der Waals surface area (Å²) in [5, 5.41) is 9.72. The molecule has 3 rings (SSSR count). The average Bonchev–Trinajstić information content (AvgIpc) is 2.79. The van der Waals surface area contributed by atoms with E-state index < -0.39 is 28.0 Å². The highest BCUT2D eigenvalue weighted by Crippen LogP contribution is 2.27. The number of nitrogens with zero attached hydrogens (tertiary/aromatic N) is 3. The molecule has 0 unspecified atom stereocenters. The number of hydrogen-bond acceptors (Lipinski definition) is 6. The average molecular weight is 490 g/mol. The van der Waals surface area contributed by atoms with Crippen LogP contribution in [-0.4, -0.2) is 78.8 Å². The number of aliphatic hydroxyl groups is 1. The van der Waals surface area contributed by atoms with Gasteiger partial charge in [0.25, 0.3) is 5.91 Å². The molecule has 0 fully saturated rings. The van der Waals surface area contributed by atoms with Crippen LogP contribution in [0.2, 0.25) is 0 Å². The van der Waals surface area contributed by atoms with Crippen LogP contribution in [0.4, 0.5) is 4.39 Å². The van der Waals surface area contributed by atoms with Gasteiger partial charge < -0.3 is 14.7 Å². The SMILES string of the molecule is C[C@H]1CN([C@@H](C)CO)C(=O)c2cc(C#Cc3ccccc3F)cnc2O[C@@H]1CN(C)S(C)(=O)=O. The summed E-state index contributed by atoms with van der Waals surface area (Å²) in [6, 6.07) is 7.13. The lowest BCUT2D eigenvalue weighted by Gasteiger charge is -2.37. The summed E-state index contributed by atoms with van der Waals surface area (Å²) in [5.74, 6) is 4.52. The third-order valence-corrected chi connectivity index (χ3v) is 7.02. The van der Waals surface area contributed by atoms with Crippen molar-refractivity contribution in [3.05, 3.63) is 59.0 Å². The Labute approximate surface area is 199 Å². The topological polar surface area (TPSA) is 100 Å². The molecule has 10 heteroatoms. The van der Waals surface area contributed by atoms with Crippen molar-refractivity contribution in [1.29, 1.82) is 0 Å².